The highest BCUT2D eigenvalue weighted by molar-refractivity contribution is 9.10. The molecule has 3 rings (SSSR count). The van der Waals surface area contributed by atoms with Crippen LogP contribution >= 0.6 is 15.9 Å². The van der Waals surface area contributed by atoms with E-state index < -0.39 is 0 Å². The van der Waals surface area contributed by atoms with Crippen LogP contribution in [0.3, 0.4) is 0 Å². The largest absolute Gasteiger partial charge is 0.299 e. The lowest BCUT2D eigenvalue weighted by molar-refractivity contribution is 0.263. The minimum Gasteiger partial charge on any atom is -0.299 e. The van der Waals surface area contributed by atoms with Crippen LogP contribution in [0, 0.1) is 5.92 Å². The topological polar surface area (TPSA) is 21.1 Å². The smallest absolute Gasteiger partial charge is 0.132 e. The van der Waals surface area contributed by atoms with Gasteiger partial charge in [0, 0.05) is 37.3 Å². The lowest BCUT2D eigenvalue weighted by Crippen LogP contribution is -2.31. The van der Waals surface area contributed by atoms with E-state index >= 15 is 0 Å². The minimum atomic E-state index is 0.903. The molecule has 1 fully saturated rings. The average Bonchev–Trinajstić information content (AvgIpc) is 3.05. The molecule has 0 unspecified atom stereocenters. The summed E-state index contributed by atoms with van der Waals surface area (Å²) in [6.07, 6.45) is 3.95. The second kappa shape index (κ2) is 4.15. The fourth-order valence-corrected chi connectivity index (χ4v) is 3.02. The monoisotopic (exact) mass is 283 g/mol. The lowest BCUT2D eigenvalue weighted by Gasteiger charge is -2.26. The highest BCUT2D eigenvalue weighted by Gasteiger charge is 2.27. The van der Waals surface area contributed by atoms with Gasteiger partial charge in [-0.3, -0.25) is 9.58 Å². The van der Waals surface area contributed by atoms with Crippen LogP contribution in [0.5, 0.6) is 0 Å². The molecule has 16 heavy (non-hydrogen) atoms. The molecule has 2 aliphatic rings. The van der Waals surface area contributed by atoms with E-state index in [0.717, 1.165) is 36.6 Å². The number of fused-ring (bicyclic) bond motifs is 1. The molecule has 0 bridgehead atoms. The zero-order chi connectivity index (χ0) is 11.1. The molecular formula is C12H18BrN3. The Kier molecular flexibility index (Phi) is 2.80. The molecule has 1 aromatic heterocycles. The van der Waals surface area contributed by atoms with Gasteiger partial charge in [0.1, 0.15) is 4.60 Å². The van der Waals surface area contributed by atoms with Crippen LogP contribution < -0.4 is 0 Å². The zero-order valence-electron chi connectivity index (χ0n) is 9.75. The van der Waals surface area contributed by atoms with Crippen molar-refractivity contribution >= 4 is 15.9 Å². The Balaban J connectivity index is 1.86. The van der Waals surface area contributed by atoms with Crippen molar-refractivity contribution in [3.05, 3.63) is 15.9 Å². The van der Waals surface area contributed by atoms with Gasteiger partial charge in [0.05, 0.1) is 0 Å². The van der Waals surface area contributed by atoms with Crippen molar-refractivity contribution in [2.75, 3.05) is 13.1 Å². The first-order valence-corrected chi connectivity index (χ1v) is 7.03. The van der Waals surface area contributed by atoms with Gasteiger partial charge in [-0.05, 0) is 41.2 Å². The molecule has 0 radical (unpaired) electrons. The second-order valence-corrected chi connectivity index (χ2v) is 5.71. The minimum absolute atomic E-state index is 0.903. The molecule has 1 saturated carbocycles. The summed E-state index contributed by atoms with van der Waals surface area (Å²) in [4.78, 5) is 2.48. The third kappa shape index (κ3) is 1.93. The van der Waals surface area contributed by atoms with Gasteiger partial charge >= 0.3 is 0 Å². The molecule has 88 valence electrons. The highest BCUT2D eigenvalue weighted by atomic mass is 79.9. The maximum atomic E-state index is 4.65. The van der Waals surface area contributed by atoms with Crippen LogP contribution in [0.15, 0.2) is 4.60 Å². The third-order valence-corrected chi connectivity index (χ3v) is 4.38. The van der Waals surface area contributed by atoms with E-state index in [4.69, 9.17) is 0 Å². The van der Waals surface area contributed by atoms with E-state index in [9.17, 15) is 0 Å². The fourth-order valence-electron chi connectivity index (χ4n) is 2.47. The molecule has 0 saturated heterocycles. The normalized spacial score (nSPS) is 21.1. The van der Waals surface area contributed by atoms with Gasteiger partial charge in [-0.25, -0.2) is 0 Å². The SMILES string of the molecule is CCN1CCc2c(c(Br)nn2CC2CC2)C1. The summed E-state index contributed by atoms with van der Waals surface area (Å²) in [6, 6.07) is 0. The molecule has 1 aliphatic heterocycles. The number of halogens is 1. The summed E-state index contributed by atoms with van der Waals surface area (Å²) in [5.74, 6) is 0.903. The first kappa shape index (κ1) is 10.8. The first-order valence-electron chi connectivity index (χ1n) is 6.24. The van der Waals surface area contributed by atoms with Crippen LogP contribution in [0.25, 0.3) is 0 Å². The summed E-state index contributed by atoms with van der Waals surface area (Å²) in [5, 5.41) is 4.65. The third-order valence-electron chi connectivity index (χ3n) is 3.74. The van der Waals surface area contributed by atoms with Crippen molar-refractivity contribution in [1.29, 1.82) is 0 Å². The molecule has 2 heterocycles. The quantitative estimate of drug-likeness (QED) is 0.850. The van der Waals surface area contributed by atoms with E-state index in [2.05, 4.69) is 37.5 Å². The Morgan fingerprint density at radius 2 is 2.25 bits per heavy atom. The molecule has 1 aromatic rings. The van der Waals surface area contributed by atoms with Gasteiger partial charge in [-0.1, -0.05) is 6.92 Å². The summed E-state index contributed by atoms with van der Waals surface area (Å²) >= 11 is 3.61. The molecule has 4 heteroatoms. The maximum Gasteiger partial charge on any atom is 0.132 e. The van der Waals surface area contributed by atoms with Crippen LogP contribution in [0.1, 0.15) is 31.0 Å². The number of aromatic nitrogens is 2. The molecular weight excluding hydrogens is 266 g/mol. The Bertz CT molecular complexity index is 395. The van der Waals surface area contributed by atoms with Crippen LogP contribution in [0.4, 0.5) is 0 Å². The second-order valence-electron chi connectivity index (χ2n) is 4.96. The summed E-state index contributed by atoms with van der Waals surface area (Å²) < 4.78 is 3.32. The average molecular weight is 284 g/mol. The zero-order valence-corrected chi connectivity index (χ0v) is 11.3. The Morgan fingerprint density at radius 1 is 1.44 bits per heavy atom. The lowest BCUT2D eigenvalue weighted by atomic mass is 10.1. The predicted octanol–water partition coefficient (Wildman–Crippen LogP) is 2.43. The molecule has 0 amide bonds. The first-order chi connectivity index (χ1) is 7.78. The Morgan fingerprint density at radius 3 is 2.94 bits per heavy atom. The van der Waals surface area contributed by atoms with Crippen LogP contribution in [0.2, 0.25) is 0 Å². The number of likely N-dealkylation sites (N-methyl/N-ethyl adjacent to an activating group) is 1. The van der Waals surface area contributed by atoms with Crippen molar-refractivity contribution in [1.82, 2.24) is 14.7 Å². The maximum absolute atomic E-state index is 4.65. The van der Waals surface area contributed by atoms with Gasteiger partial charge in [0.2, 0.25) is 0 Å². The highest BCUT2D eigenvalue weighted by Crippen LogP contribution is 2.33. The van der Waals surface area contributed by atoms with Gasteiger partial charge in [-0.15, -0.1) is 0 Å². The van der Waals surface area contributed by atoms with Crippen molar-refractivity contribution < 1.29 is 0 Å². The van der Waals surface area contributed by atoms with E-state index in [1.807, 2.05) is 0 Å². The van der Waals surface area contributed by atoms with E-state index in [1.165, 1.54) is 30.6 Å². The summed E-state index contributed by atoms with van der Waals surface area (Å²) in [6.45, 7) is 6.76. The van der Waals surface area contributed by atoms with E-state index in [-0.39, 0.29) is 0 Å². The number of hydrogen-bond acceptors (Lipinski definition) is 2. The molecule has 0 spiro atoms. The van der Waals surface area contributed by atoms with Gasteiger partial charge in [0.15, 0.2) is 0 Å². The van der Waals surface area contributed by atoms with Gasteiger partial charge in [0.25, 0.3) is 0 Å². The van der Waals surface area contributed by atoms with E-state index in [1.54, 1.807) is 0 Å². The molecule has 3 nitrogen and oxygen atoms in total. The summed E-state index contributed by atoms with van der Waals surface area (Å²) in [7, 11) is 0. The van der Waals surface area contributed by atoms with Crippen molar-refractivity contribution in [2.45, 2.75) is 39.3 Å². The number of nitrogens with zero attached hydrogens (tertiary/aromatic N) is 3. The summed E-state index contributed by atoms with van der Waals surface area (Å²) in [5.41, 5.74) is 2.90. The van der Waals surface area contributed by atoms with Gasteiger partial charge < -0.3 is 0 Å². The molecule has 0 N–H and O–H groups in total. The van der Waals surface area contributed by atoms with Gasteiger partial charge in [-0.2, -0.15) is 5.10 Å². The fraction of sp³-hybridized carbons (Fsp3) is 0.750. The van der Waals surface area contributed by atoms with Crippen LogP contribution in [-0.2, 0) is 19.5 Å². The van der Waals surface area contributed by atoms with Crippen molar-refractivity contribution in [2.24, 2.45) is 5.92 Å². The van der Waals surface area contributed by atoms with Crippen molar-refractivity contribution in [3.63, 3.8) is 0 Å². The Hall–Kier alpha value is -0.350. The molecule has 0 aromatic carbocycles. The molecule has 0 atom stereocenters. The standard InChI is InChI=1S/C12H18BrN3/c1-2-15-6-5-11-10(8-15)12(13)14-16(11)7-9-3-4-9/h9H,2-8H2,1H3. The number of hydrogen-bond donors (Lipinski definition) is 0. The van der Waals surface area contributed by atoms with E-state index in [0.29, 0.717) is 0 Å². The van der Waals surface area contributed by atoms with Crippen LogP contribution in [-0.4, -0.2) is 27.8 Å². The van der Waals surface area contributed by atoms with Crippen molar-refractivity contribution in [3.8, 4) is 0 Å². The Labute approximate surface area is 105 Å². The predicted molar refractivity (Wildman–Crippen MR) is 67.3 cm³/mol. The molecule has 1 aliphatic carbocycles. The number of rotatable bonds is 3.